The zero-order valence-corrected chi connectivity index (χ0v) is 14.2. The molecule has 0 atom stereocenters. The van der Waals surface area contributed by atoms with Crippen LogP contribution in [0.25, 0.3) is 38.9 Å². The van der Waals surface area contributed by atoms with Crippen molar-refractivity contribution in [2.75, 3.05) is 0 Å². The Kier molecular flexibility index (Phi) is 3.77. The molecule has 126 valence electrons. The van der Waals surface area contributed by atoms with Crippen LogP contribution in [-0.4, -0.2) is 9.55 Å². The smallest absolute Gasteiger partial charge is 0.146 e. The van der Waals surface area contributed by atoms with Gasteiger partial charge in [-0.15, -0.1) is 0 Å². The zero-order chi connectivity index (χ0) is 18.3. The molecule has 0 aliphatic carbocycles. The van der Waals surface area contributed by atoms with Crippen molar-refractivity contribution < 1.29 is 4.39 Å². The molecule has 3 heteroatoms. The number of nitrogens with zero attached hydrogens (tertiary/aromatic N) is 2. The largest absolute Gasteiger partial charge is 0.292 e. The van der Waals surface area contributed by atoms with E-state index in [2.05, 4.69) is 37.9 Å². The van der Waals surface area contributed by atoms with E-state index in [-0.39, 0.29) is 5.82 Å². The Morgan fingerprint density at radius 2 is 1.77 bits per heavy atom. The summed E-state index contributed by atoms with van der Waals surface area (Å²) in [5.74, 6) is 0.384. The summed E-state index contributed by atoms with van der Waals surface area (Å²) in [5.41, 5.74) is 3.66. The van der Waals surface area contributed by atoms with Crippen molar-refractivity contribution in [1.29, 1.82) is 0 Å². The van der Waals surface area contributed by atoms with Gasteiger partial charge in [0.25, 0.3) is 0 Å². The Morgan fingerprint density at radius 3 is 2.58 bits per heavy atom. The Bertz CT molecular complexity index is 1190. The van der Waals surface area contributed by atoms with Crippen LogP contribution < -0.4 is 0 Å². The molecule has 0 saturated carbocycles. The van der Waals surface area contributed by atoms with Crippen LogP contribution in [0.1, 0.15) is 0 Å². The Labute approximate surface area is 151 Å². The minimum atomic E-state index is -0.320. The van der Waals surface area contributed by atoms with Crippen molar-refractivity contribution in [3.63, 3.8) is 0 Å². The second-order valence-corrected chi connectivity index (χ2v) is 6.11. The molecule has 4 rings (SSSR count). The number of hydrogen-bond donors (Lipinski definition) is 0. The van der Waals surface area contributed by atoms with Gasteiger partial charge in [-0.2, -0.15) is 0 Å². The summed E-state index contributed by atoms with van der Waals surface area (Å²) < 4.78 is 15.7. The molecular formula is C23H17FN2. The molecule has 1 heterocycles. The summed E-state index contributed by atoms with van der Waals surface area (Å²) in [7, 11) is 0. The number of aromatic nitrogens is 2. The molecule has 0 amide bonds. The minimum Gasteiger partial charge on any atom is -0.292 e. The maximum absolute atomic E-state index is 13.8. The van der Waals surface area contributed by atoms with Gasteiger partial charge in [-0.3, -0.25) is 4.57 Å². The molecule has 0 saturated heterocycles. The topological polar surface area (TPSA) is 17.8 Å². The first-order chi connectivity index (χ1) is 12.6. The summed E-state index contributed by atoms with van der Waals surface area (Å²) in [6, 6.07) is 18.8. The van der Waals surface area contributed by atoms with E-state index in [9.17, 15) is 4.39 Å². The van der Waals surface area contributed by atoms with E-state index in [0.717, 1.165) is 21.9 Å². The lowest BCUT2D eigenvalue weighted by atomic mass is 10.0. The lowest BCUT2D eigenvalue weighted by Crippen LogP contribution is -2.00. The Balaban J connectivity index is 2.10. The lowest BCUT2D eigenvalue weighted by molar-refractivity contribution is 0.629. The monoisotopic (exact) mass is 340 g/mol. The van der Waals surface area contributed by atoms with E-state index in [1.165, 1.54) is 12.1 Å². The fraction of sp³-hybridized carbons (Fsp3) is 0. The number of allylic oxidation sites excluding steroid dienone is 3. The van der Waals surface area contributed by atoms with E-state index in [1.807, 2.05) is 28.8 Å². The van der Waals surface area contributed by atoms with Crippen molar-refractivity contribution in [1.82, 2.24) is 9.55 Å². The summed E-state index contributed by atoms with van der Waals surface area (Å²) in [6.45, 7) is 12.0. The van der Waals surface area contributed by atoms with Gasteiger partial charge in [-0.25, -0.2) is 9.37 Å². The molecule has 1 aromatic heterocycles. The molecule has 0 aliphatic heterocycles. The lowest BCUT2D eigenvalue weighted by Gasteiger charge is -2.14. The fourth-order valence-corrected chi connectivity index (χ4v) is 3.19. The summed E-state index contributed by atoms with van der Waals surface area (Å²) in [4.78, 5) is 4.72. The molecule has 4 aromatic rings. The van der Waals surface area contributed by atoms with Gasteiger partial charge in [0.1, 0.15) is 11.6 Å². The number of halogens is 1. The highest BCUT2D eigenvalue weighted by Crippen LogP contribution is 2.34. The van der Waals surface area contributed by atoms with Crippen molar-refractivity contribution >= 4 is 27.5 Å². The third kappa shape index (κ3) is 2.45. The van der Waals surface area contributed by atoms with Crippen molar-refractivity contribution in [3.05, 3.63) is 97.9 Å². The molecule has 0 aliphatic rings. The van der Waals surface area contributed by atoms with Crippen molar-refractivity contribution in [3.8, 4) is 11.4 Å². The first kappa shape index (κ1) is 16.0. The number of fused-ring (bicyclic) bond motifs is 2. The molecule has 0 radical (unpaired) electrons. The van der Waals surface area contributed by atoms with E-state index in [0.29, 0.717) is 22.6 Å². The molecule has 3 aromatic carbocycles. The summed E-state index contributed by atoms with van der Waals surface area (Å²) in [5, 5.41) is 2.19. The zero-order valence-electron chi connectivity index (χ0n) is 14.2. The SMILES string of the molecule is C=CC(=C)C(=C)n1c(-c2cccc3ccccc23)nc2cc(F)ccc21. The maximum atomic E-state index is 13.8. The summed E-state index contributed by atoms with van der Waals surface area (Å²) in [6.07, 6.45) is 1.66. The molecule has 0 N–H and O–H groups in total. The highest BCUT2D eigenvalue weighted by Gasteiger charge is 2.17. The van der Waals surface area contributed by atoms with E-state index in [4.69, 9.17) is 4.98 Å². The number of imidazole rings is 1. The van der Waals surface area contributed by atoms with E-state index >= 15 is 0 Å². The Hall–Kier alpha value is -3.46. The predicted octanol–water partition coefficient (Wildman–Crippen LogP) is 6.21. The van der Waals surface area contributed by atoms with Crippen LogP contribution in [0.3, 0.4) is 0 Å². The van der Waals surface area contributed by atoms with Crippen molar-refractivity contribution in [2.24, 2.45) is 0 Å². The third-order valence-electron chi connectivity index (χ3n) is 4.53. The fourth-order valence-electron chi connectivity index (χ4n) is 3.19. The van der Waals surface area contributed by atoms with Crippen LogP contribution in [0, 0.1) is 5.82 Å². The molecule has 26 heavy (non-hydrogen) atoms. The molecule has 0 fully saturated rings. The average Bonchev–Trinajstić information content (AvgIpc) is 3.04. The van der Waals surface area contributed by atoms with Crippen LogP contribution in [-0.2, 0) is 0 Å². The molecule has 2 nitrogen and oxygen atoms in total. The van der Waals surface area contributed by atoms with Gasteiger partial charge >= 0.3 is 0 Å². The van der Waals surface area contributed by atoms with Crippen LogP contribution in [0.5, 0.6) is 0 Å². The van der Waals surface area contributed by atoms with Gasteiger partial charge in [-0.05, 0) is 28.5 Å². The first-order valence-corrected chi connectivity index (χ1v) is 8.27. The Morgan fingerprint density at radius 1 is 1.00 bits per heavy atom. The van der Waals surface area contributed by atoms with Crippen LogP contribution in [0.4, 0.5) is 4.39 Å². The average molecular weight is 340 g/mol. The van der Waals surface area contributed by atoms with Crippen LogP contribution >= 0.6 is 0 Å². The van der Waals surface area contributed by atoms with Gasteiger partial charge in [0.2, 0.25) is 0 Å². The highest BCUT2D eigenvalue weighted by atomic mass is 19.1. The third-order valence-corrected chi connectivity index (χ3v) is 4.53. The highest BCUT2D eigenvalue weighted by molar-refractivity contribution is 5.98. The predicted molar refractivity (Wildman–Crippen MR) is 107 cm³/mol. The van der Waals surface area contributed by atoms with Gasteiger partial charge in [0.05, 0.1) is 11.0 Å². The normalized spacial score (nSPS) is 11.0. The second kappa shape index (κ2) is 6.12. The van der Waals surface area contributed by atoms with Crippen molar-refractivity contribution in [2.45, 2.75) is 0 Å². The molecular weight excluding hydrogens is 323 g/mol. The molecule has 0 bridgehead atoms. The van der Waals surface area contributed by atoms with Gasteiger partial charge in [0, 0.05) is 17.3 Å². The minimum absolute atomic E-state index is 0.320. The number of hydrogen-bond acceptors (Lipinski definition) is 1. The summed E-state index contributed by atoms with van der Waals surface area (Å²) >= 11 is 0. The quantitative estimate of drug-likeness (QED) is 0.404. The van der Waals surface area contributed by atoms with Gasteiger partial charge in [0.15, 0.2) is 0 Å². The molecule has 0 spiro atoms. The first-order valence-electron chi connectivity index (χ1n) is 8.27. The molecule has 0 unspecified atom stereocenters. The maximum Gasteiger partial charge on any atom is 0.146 e. The number of rotatable bonds is 4. The van der Waals surface area contributed by atoms with E-state index < -0.39 is 0 Å². The van der Waals surface area contributed by atoms with E-state index in [1.54, 1.807) is 12.1 Å². The van der Waals surface area contributed by atoms with Gasteiger partial charge < -0.3 is 0 Å². The van der Waals surface area contributed by atoms with Gasteiger partial charge in [-0.1, -0.05) is 68.3 Å². The standard InChI is InChI=1S/C23H17FN2/c1-4-15(2)16(3)26-22-13-12-18(24)14-21(22)25-23(26)20-11-7-9-17-8-5-6-10-19(17)20/h4-14H,1-3H2. The van der Waals surface area contributed by atoms with Crippen LogP contribution in [0.15, 0.2) is 92.0 Å². The second-order valence-electron chi connectivity index (χ2n) is 6.11. The number of benzene rings is 3. The van der Waals surface area contributed by atoms with Crippen LogP contribution in [0.2, 0.25) is 0 Å².